The Bertz CT molecular complexity index is 389. The molecule has 1 aliphatic rings. The van der Waals surface area contributed by atoms with Gasteiger partial charge in [0, 0.05) is 32.1 Å². The molecule has 1 aromatic rings. The summed E-state index contributed by atoms with van der Waals surface area (Å²) in [5.74, 6) is 1.01. The second-order valence-corrected chi connectivity index (χ2v) is 4.46. The van der Waals surface area contributed by atoms with E-state index in [1.807, 2.05) is 0 Å². The number of amides is 1. The van der Waals surface area contributed by atoms with E-state index < -0.39 is 0 Å². The Kier molecular flexibility index (Phi) is 3.73. The summed E-state index contributed by atoms with van der Waals surface area (Å²) in [5, 5.41) is 10.1. The monoisotopic (exact) mass is 237 g/mol. The van der Waals surface area contributed by atoms with Gasteiger partial charge in [-0.25, -0.2) is 4.98 Å². The molecule has 2 heterocycles. The molecule has 0 radical (unpaired) electrons. The Hall–Kier alpha value is -1.43. The number of aromatic amines is 1. The fraction of sp³-hybridized carbons (Fsp3) is 0.727. The Balaban J connectivity index is 2.02. The van der Waals surface area contributed by atoms with Crippen LogP contribution in [0.15, 0.2) is 0 Å². The Morgan fingerprint density at radius 2 is 2.41 bits per heavy atom. The van der Waals surface area contributed by atoms with Crippen molar-refractivity contribution < 1.29 is 4.79 Å². The average molecular weight is 237 g/mol. The number of carbonyl (C=O) groups excluding carboxylic acids is 1. The third kappa shape index (κ3) is 2.82. The van der Waals surface area contributed by atoms with Gasteiger partial charge in [0.1, 0.15) is 5.82 Å². The van der Waals surface area contributed by atoms with E-state index in [9.17, 15) is 4.79 Å². The minimum atomic E-state index is -0.0723. The predicted octanol–water partition coefficient (Wildman–Crippen LogP) is 0.191. The summed E-state index contributed by atoms with van der Waals surface area (Å²) in [6.45, 7) is 6.42. The lowest BCUT2D eigenvalue weighted by Crippen LogP contribution is -2.51. The third-order valence-electron chi connectivity index (χ3n) is 2.87. The number of hydrogen-bond donors (Lipinski definition) is 2. The van der Waals surface area contributed by atoms with Gasteiger partial charge in [-0.05, 0) is 13.3 Å². The quantitative estimate of drug-likeness (QED) is 0.787. The molecule has 6 heteroatoms. The number of aryl methyl sites for hydroxylation is 1. The molecule has 17 heavy (non-hydrogen) atoms. The van der Waals surface area contributed by atoms with Crippen LogP contribution in [0.1, 0.15) is 36.7 Å². The van der Waals surface area contributed by atoms with Gasteiger partial charge in [-0.1, -0.05) is 6.92 Å². The van der Waals surface area contributed by atoms with Crippen molar-refractivity contribution in [3.05, 3.63) is 11.6 Å². The number of H-pyrrole nitrogens is 1. The lowest BCUT2D eigenvalue weighted by Gasteiger charge is -2.30. The van der Waals surface area contributed by atoms with E-state index in [1.165, 1.54) is 0 Å². The zero-order valence-corrected chi connectivity index (χ0v) is 10.4. The molecular formula is C11H19N5O. The van der Waals surface area contributed by atoms with Crippen LogP contribution >= 0.6 is 0 Å². The summed E-state index contributed by atoms with van der Waals surface area (Å²) >= 11 is 0. The zero-order chi connectivity index (χ0) is 12.3. The fourth-order valence-electron chi connectivity index (χ4n) is 2.00. The number of hydrogen-bond acceptors (Lipinski definition) is 4. The minimum Gasteiger partial charge on any atom is -0.333 e. The molecule has 0 aliphatic carbocycles. The Morgan fingerprint density at radius 1 is 1.59 bits per heavy atom. The normalized spacial score (nSPS) is 20.6. The van der Waals surface area contributed by atoms with Crippen LogP contribution in [0.5, 0.6) is 0 Å². The second kappa shape index (κ2) is 5.27. The topological polar surface area (TPSA) is 73.9 Å². The van der Waals surface area contributed by atoms with E-state index in [1.54, 1.807) is 4.90 Å². The maximum atomic E-state index is 12.1. The number of rotatable bonds is 3. The van der Waals surface area contributed by atoms with Gasteiger partial charge in [0.25, 0.3) is 5.91 Å². The third-order valence-corrected chi connectivity index (χ3v) is 2.87. The molecule has 1 amide bonds. The standard InChI is InChI=1S/C11H19N5O/c1-3-4-9-13-10(15-14-9)11(17)16-6-5-12-8(2)7-16/h8,12H,3-7H2,1-2H3,(H,13,14,15). The first-order chi connectivity index (χ1) is 8.20. The lowest BCUT2D eigenvalue weighted by molar-refractivity contribution is 0.0697. The van der Waals surface area contributed by atoms with Crippen molar-refractivity contribution in [2.75, 3.05) is 19.6 Å². The molecule has 0 aromatic carbocycles. The molecule has 1 aromatic heterocycles. The number of carbonyl (C=O) groups is 1. The van der Waals surface area contributed by atoms with Crippen LogP contribution in [-0.2, 0) is 6.42 Å². The summed E-state index contributed by atoms with van der Waals surface area (Å²) in [6.07, 6.45) is 1.83. The number of nitrogens with one attached hydrogen (secondary N) is 2. The lowest BCUT2D eigenvalue weighted by atomic mass is 10.2. The molecule has 0 spiro atoms. The van der Waals surface area contributed by atoms with Gasteiger partial charge < -0.3 is 10.2 Å². The number of piperazine rings is 1. The molecule has 0 saturated carbocycles. The molecule has 0 bridgehead atoms. The highest BCUT2D eigenvalue weighted by Gasteiger charge is 2.24. The van der Waals surface area contributed by atoms with E-state index in [-0.39, 0.29) is 5.91 Å². The zero-order valence-electron chi connectivity index (χ0n) is 10.4. The van der Waals surface area contributed by atoms with Crippen LogP contribution in [0.3, 0.4) is 0 Å². The van der Waals surface area contributed by atoms with Crippen LogP contribution in [-0.4, -0.2) is 51.7 Å². The molecule has 94 valence electrons. The highest BCUT2D eigenvalue weighted by atomic mass is 16.2. The van der Waals surface area contributed by atoms with Crippen LogP contribution in [0.25, 0.3) is 0 Å². The van der Waals surface area contributed by atoms with Crippen molar-refractivity contribution in [1.29, 1.82) is 0 Å². The first-order valence-electron chi connectivity index (χ1n) is 6.14. The van der Waals surface area contributed by atoms with Crippen LogP contribution in [0.4, 0.5) is 0 Å². The molecular weight excluding hydrogens is 218 g/mol. The van der Waals surface area contributed by atoms with E-state index >= 15 is 0 Å². The summed E-state index contributed by atoms with van der Waals surface area (Å²) in [6, 6.07) is 0.335. The maximum Gasteiger partial charge on any atom is 0.293 e. The van der Waals surface area contributed by atoms with Crippen LogP contribution < -0.4 is 5.32 Å². The van der Waals surface area contributed by atoms with Crippen molar-refractivity contribution in [3.63, 3.8) is 0 Å². The smallest absolute Gasteiger partial charge is 0.293 e. The van der Waals surface area contributed by atoms with E-state index in [0.717, 1.165) is 38.3 Å². The molecule has 2 N–H and O–H groups in total. The number of aromatic nitrogens is 3. The molecule has 2 rings (SSSR count). The maximum absolute atomic E-state index is 12.1. The Labute approximate surface area is 101 Å². The van der Waals surface area contributed by atoms with Gasteiger partial charge in [0.15, 0.2) is 0 Å². The first-order valence-corrected chi connectivity index (χ1v) is 6.14. The van der Waals surface area contributed by atoms with Crippen molar-refractivity contribution in [1.82, 2.24) is 25.4 Å². The largest absolute Gasteiger partial charge is 0.333 e. The van der Waals surface area contributed by atoms with E-state index in [0.29, 0.717) is 11.9 Å². The van der Waals surface area contributed by atoms with Gasteiger partial charge in [-0.2, -0.15) is 0 Å². The molecule has 6 nitrogen and oxygen atoms in total. The molecule has 1 aliphatic heterocycles. The second-order valence-electron chi connectivity index (χ2n) is 4.46. The summed E-state index contributed by atoms with van der Waals surface area (Å²) in [5.41, 5.74) is 0. The van der Waals surface area contributed by atoms with Gasteiger partial charge in [0.2, 0.25) is 5.82 Å². The van der Waals surface area contributed by atoms with Crippen molar-refractivity contribution >= 4 is 5.91 Å². The van der Waals surface area contributed by atoms with Crippen molar-refractivity contribution in [2.24, 2.45) is 0 Å². The van der Waals surface area contributed by atoms with Crippen molar-refractivity contribution in [2.45, 2.75) is 32.7 Å². The van der Waals surface area contributed by atoms with Crippen molar-refractivity contribution in [3.8, 4) is 0 Å². The molecule has 1 fully saturated rings. The predicted molar refractivity (Wildman–Crippen MR) is 63.7 cm³/mol. The van der Waals surface area contributed by atoms with Gasteiger partial charge in [-0.15, -0.1) is 5.10 Å². The summed E-state index contributed by atoms with van der Waals surface area (Å²) in [7, 11) is 0. The minimum absolute atomic E-state index is 0.0723. The highest BCUT2D eigenvalue weighted by molar-refractivity contribution is 5.90. The molecule has 1 unspecified atom stereocenters. The van der Waals surface area contributed by atoms with Gasteiger partial charge >= 0.3 is 0 Å². The van der Waals surface area contributed by atoms with Crippen LogP contribution in [0, 0.1) is 0 Å². The van der Waals surface area contributed by atoms with Gasteiger partial charge in [-0.3, -0.25) is 9.89 Å². The van der Waals surface area contributed by atoms with E-state index in [4.69, 9.17) is 0 Å². The van der Waals surface area contributed by atoms with Gasteiger partial charge in [0.05, 0.1) is 0 Å². The highest BCUT2D eigenvalue weighted by Crippen LogP contribution is 2.05. The fourth-order valence-corrected chi connectivity index (χ4v) is 2.00. The Morgan fingerprint density at radius 3 is 3.12 bits per heavy atom. The summed E-state index contributed by atoms with van der Waals surface area (Å²) in [4.78, 5) is 18.1. The molecule has 1 atom stereocenters. The summed E-state index contributed by atoms with van der Waals surface area (Å²) < 4.78 is 0. The van der Waals surface area contributed by atoms with E-state index in [2.05, 4.69) is 34.3 Å². The average Bonchev–Trinajstić information content (AvgIpc) is 2.77. The molecule has 1 saturated heterocycles. The first kappa shape index (κ1) is 12.0. The van der Waals surface area contributed by atoms with Crippen LogP contribution in [0.2, 0.25) is 0 Å². The SMILES string of the molecule is CCCc1nc(C(=O)N2CCNC(C)C2)n[nH]1. The number of nitrogens with zero attached hydrogens (tertiary/aromatic N) is 3.